The van der Waals surface area contributed by atoms with Gasteiger partial charge < -0.3 is 10.1 Å². The first-order valence-electron chi connectivity index (χ1n) is 12.1. The van der Waals surface area contributed by atoms with Crippen molar-refractivity contribution in [1.82, 2.24) is 30.0 Å². The van der Waals surface area contributed by atoms with Crippen LogP contribution in [0.1, 0.15) is 61.5 Å². The summed E-state index contributed by atoms with van der Waals surface area (Å²) in [6.07, 6.45) is 8.05. The smallest absolute Gasteiger partial charge is 0.254 e. The molecule has 180 valence electrons. The molecule has 5 rings (SSSR count). The third kappa shape index (κ3) is 4.52. The van der Waals surface area contributed by atoms with Crippen LogP contribution in [-0.4, -0.2) is 68.9 Å². The van der Waals surface area contributed by atoms with E-state index in [1.807, 2.05) is 23.6 Å². The first-order valence-corrected chi connectivity index (χ1v) is 13.0. The fraction of sp³-hybridized carbons (Fsp3) is 0.520. The lowest BCUT2D eigenvalue weighted by Crippen LogP contribution is -2.57. The van der Waals surface area contributed by atoms with Gasteiger partial charge in [0, 0.05) is 31.4 Å². The van der Waals surface area contributed by atoms with Crippen LogP contribution in [-0.2, 0) is 4.74 Å². The van der Waals surface area contributed by atoms with Gasteiger partial charge in [0.25, 0.3) is 11.9 Å². The van der Waals surface area contributed by atoms with Crippen molar-refractivity contribution in [2.24, 2.45) is 0 Å². The van der Waals surface area contributed by atoms with E-state index in [-0.39, 0.29) is 17.4 Å². The molecule has 0 atom stereocenters. The van der Waals surface area contributed by atoms with E-state index in [1.54, 1.807) is 28.4 Å². The number of hydrogen-bond donors (Lipinski definition) is 1. The van der Waals surface area contributed by atoms with Crippen LogP contribution in [0.3, 0.4) is 0 Å². The van der Waals surface area contributed by atoms with Gasteiger partial charge in [-0.25, -0.2) is 14.6 Å². The maximum Gasteiger partial charge on any atom is 0.254 e. The van der Waals surface area contributed by atoms with Gasteiger partial charge in [-0.05, 0) is 36.3 Å². The van der Waals surface area contributed by atoms with Crippen LogP contribution in [0.2, 0.25) is 0 Å². The molecule has 0 radical (unpaired) electrons. The van der Waals surface area contributed by atoms with E-state index in [2.05, 4.69) is 34.1 Å². The molecule has 3 aromatic heterocycles. The van der Waals surface area contributed by atoms with Crippen LogP contribution < -0.4 is 5.32 Å². The minimum Gasteiger partial charge on any atom is -0.379 e. The van der Waals surface area contributed by atoms with Crippen LogP contribution in [0.5, 0.6) is 0 Å². The SMILES string of the molecule is CC(C)c1c(C(=O)NCC2(N3CCOCC3)CCCC2)cnn1-c1nccc(-c2cccs2)n1. The molecule has 1 amide bonds. The zero-order valence-corrected chi connectivity index (χ0v) is 20.7. The van der Waals surface area contributed by atoms with Crippen LogP contribution in [0.15, 0.2) is 36.0 Å². The molecule has 1 aliphatic carbocycles. The first-order chi connectivity index (χ1) is 16.6. The van der Waals surface area contributed by atoms with E-state index in [9.17, 15) is 4.79 Å². The van der Waals surface area contributed by atoms with Crippen molar-refractivity contribution in [2.45, 2.75) is 51.0 Å². The monoisotopic (exact) mass is 480 g/mol. The standard InChI is InChI=1S/C25H32N6O2S/c1-18(2)22-19(16-28-31(22)24-26-10-7-20(29-24)21-6-5-15-34-21)23(32)27-17-25(8-3-4-9-25)30-11-13-33-14-12-30/h5-7,10,15-16,18H,3-4,8-9,11-14,17H2,1-2H3,(H,27,32). The lowest BCUT2D eigenvalue weighted by molar-refractivity contribution is -0.0199. The maximum absolute atomic E-state index is 13.4. The Bertz CT molecular complexity index is 1110. The number of ether oxygens (including phenoxy) is 1. The summed E-state index contributed by atoms with van der Waals surface area (Å²) in [6.45, 7) is 8.19. The predicted octanol–water partition coefficient (Wildman–Crippen LogP) is 3.89. The van der Waals surface area contributed by atoms with Crippen LogP contribution in [0, 0.1) is 0 Å². The number of thiophene rings is 1. The van der Waals surface area contributed by atoms with E-state index in [4.69, 9.17) is 9.72 Å². The van der Waals surface area contributed by atoms with Crippen molar-refractivity contribution in [3.63, 3.8) is 0 Å². The quantitative estimate of drug-likeness (QED) is 0.552. The van der Waals surface area contributed by atoms with Crippen LogP contribution >= 0.6 is 11.3 Å². The summed E-state index contributed by atoms with van der Waals surface area (Å²) in [5, 5.41) is 9.83. The molecule has 34 heavy (non-hydrogen) atoms. The van der Waals surface area contributed by atoms with E-state index in [1.165, 1.54) is 12.8 Å². The second-order valence-corrected chi connectivity index (χ2v) is 10.4. The second-order valence-electron chi connectivity index (χ2n) is 9.44. The molecular formula is C25H32N6O2S. The van der Waals surface area contributed by atoms with Gasteiger partial charge in [-0.1, -0.05) is 32.8 Å². The van der Waals surface area contributed by atoms with Crippen molar-refractivity contribution in [3.05, 3.63) is 47.2 Å². The molecule has 0 spiro atoms. The minimum absolute atomic E-state index is 0.0333. The number of nitrogens with zero attached hydrogens (tertiary/aromatic N) is 5. The van der Waals surface area contributed by atoms with Crippen LogP contribution in [0.25, 0.3) is 16.5 Å². The molecule has 0 aromatic carbocycles. The summed E-state index contributed by atoms with van der Waals surface area (Å²) >= 11 is 1.63. The molecule has 1 saturated carbocycles. The Morgan fingerprint density at radius 3 is 2.74 bits per heavy atom. The Labute approximate surface area is 204 Å². The summed E-state index contributed by atoms with van der Waals surface area (Å²) in [5.41, 5.74) is 2.30. The largest absolute Gasteiger partial charge is 0.379 e. The summed E-state index contributed by atoms with van der Waals surface area (Å²) in [4.78, 5) is 26.2. The number of carbonyl (C=O) groups excluding carboxylic acids is 1. The van der Waals surface area contributed by atoms with Gasteiger partial charge in [-0.3, -0.25) is 9.69 Å². The summed E-state index contributed by atoms with van der Waals surface area (Å²) in [6, 6.07) is 5.94. The number of amides is 1. The highest BCUT2D eigenvalue weighted by molar-refractivity contribution is 7.13. The Morgan fingerprint density at radius 2 is 2.03 bits per heavy atom. The Kier molecular flexibility index (Phi) is 6.76. The molecule has 1 N–H and O–H groups in total. The van der Waals surface area contributed by atoms with Gasteiger partial charge >= 0.3 is 0 Å². The van der Waals surface area contributed by atoms with Gasteiger partial charge in [0.15, 0.2) is 0 Å². The van der Waals surface area contributed by atoms with Crippen molar-refractivity contribution in [3.8, 4) is 16.5 Å². The molecule has 0 bridgehead atoms. The number of hydrogen-bond acceptors (Lipinski definition) is 7. The third-order valence-corrected chi connectivity index (χ3v) is 7.89. The normalized spacial score (nSPS) is 18.4. The Balaban J connectivity index is 1.38. The lowest BCUT2D eigenvalue weighted by atomic mass is 9.94. The van der Waals surface area contributed by atoms with E-state index in [0.29, 0.717) is 18.1 Å². The second kappa shape index (κ2) is 9.93. The zero-order valence-electron chi connectivity index (χ0n) is 19.9. The van der Waals surface area contributed by atoms with E-state index < -0.39 is 0 Å². The summed E-state index contributed by atoms with van der Waals surface area (Å²) in [5.74, 6) is 0.482. The lowest BCUT2D eigenvalue weighted by Gasteiger charge is -2.43. The number of carbonyl (C=O) groups is 1. The van der Waals surface area contributed by atoms with Gasteiger partial charge in [-0.2, -0.15) is 5.10 Å². The number of aromatic nitrogens is 4. The molecule has 9 heteroatoms. The molecule has 8 nitrogen and oxygen atoms in total. The zero-order chi connectivity index (χ0) is 23.5. The molecule has 1 saturated heterocycles. The van der Waals surface area contributed by atoms with Crippen molar-refractivity contribution >= 4 is 17.2 Å². The highest BCUT2D eigenvalue weighted by Gasteiger charge is 2.40. The highest BCUT2D eigenvalue weighted by Crippen LogP contribution is 2.35. The van der Waals surface area contributed by atoms with Gasteiger partial charge in [0.2, 0.25) is 0 Å². The summed E-state index contributed by atoms with van der Waals surface area (Å²) < 4.78 is 7.28. The van der Waals surface area contributed by atoms with Gasteiger partial charge in [-0.15, -0.1) is 11.3 Å². The van der Waals surface area contributed by atoms with Crippen molar-refractivity contribution < 1.29 is 9.53 Å². The fourth-order valence-corrected chi connectivity index (χ4v) is 5.97. The fourth-order valence-electron chi connectivity index (χ4n) is 5.28. The minimum atomic E-state index is -0.0797. The maximum atomic E-state index is 13.4. The summed E-state index contributed by atoms with van der Waals surface area (Å²) in [7, 11) is 0. The average molecular weight is 481 g/mol. The highest BCUT2D eigenvalue weighted by atomic mass is 32.1. The molecule has 1 aliphatic heterocycles. The van der Waals surface area contributed by atoms with Crippen molar-refractivity contribution in [2.75, 3.05) is 32.8 Å². The predicted molar refractivity (Wildman–Crippen MR) is 132 cm³/mol. The Morgan fingerprint density at radius 1 is 1.24 bits per heavy atom. The molecule has 4 heterocycles. The average Bonchev–Trinajstić information content (AvgIpc) is 3.64. The number of rotatable bonds is 7. The molecule has 2 fully saturated rings. The number of nitrogens with one attached hydrogen (secondary N) is 1. The Hall–Kier alpha value is -2.62. The first kappa shape index (κ1) is 23.1. The van der Waals surface area contributed by atoms with Gasteiger partial charge in [0.1, 0.15) is 0 Å². The molecule has 2 aliphatic rings. The van der Waals surface area contributed by atoms with Crippen LogP contribution in [0.4, 0.5) is 0 Å². The van der Waals surface area contributed by atoms with E-state index in [0.717, 1.165) is 55.4 Å². The molecule has 3 aromatic rings. The molecular weight excluding hydrogens is 448 g/mol. The molecule has 0 unspecified atom stereocenters. The number of morpholine rings is 1. The van der Waals surface area contributed by atoms with E-state index >= 15 is 0 Å². The third-order valence-electron chi connectivity index (χ3n) is 7.00. The van der Waals surface area contributed by atoms with Crippen molar-refractivity contribution in [1.29, 1.82) is 0 Å². The van der Waals surface area contributed by atoms with Gasteiger partial charge in [0.05, 0.1) is 41.2 Å². The topological polar surface area (TPSA) is 85.2 Å².